The molecular weight excluding hydrogens is 693 g/mol. The molecular formula is C51H96O5. The number of aliphatic hydroxyl groups is 1. The third-order valence-electron chi connectivity index (χ3n) is 11.2. The van der Waals surface area contributed by atoms with Gasteiger partial charge in [0.1, 0.15) is 19.3 Å². The normalized spacial score (nSPS) is 11.8. The lowest BCUT2D eigenvalue weighted by Crippen LogP contribution is -2.25. The van der Waals surface area contributed by atoms with Crippen molar-refractivity contribution in [2.45, 2.75) is 277 Å². The number of carbonyl (C=O) groups is 2. The number of ether oxygens (including phenoxy) is 2. The molecule has 0 spiro atoms. The highest BCUT2D eigenvalue weighted by molar-refractivity contribution is 5.69. The Morgan fingerprint density at radius 2 is 0.571 bits per heavy atom. The maximum atomic E-state index is 12.0. The maximum absolute atomic E-state index is 12.0. The van der Waals surface area contributed by atoms with Crippen LogP contribution in [0, 0.1) is 0 Å². The van der Waals surface area contributed by atoms with Crippen LogP contribution in [0.5, 0.6) is 0 Å². The van der Waals surface area contributed by atoms with Gasteiger partial charge in [0.05, 0.1) is 0 Å². The van der Waals surface area contributed by atoms with Crippen LogP contribution in [0.4, 0.5) is 0 Å². The Labute approximate surface area is 349 Å². The predicted molar refractivity (Wildman–Crippen MR) is 242 cm³/mol. The molecule has 0 saturated carbocycles. The molecule has 0 atom stereocenters. The molecule has 56 heavy (non-hydrogen) atoms. The Morgan fingerprint density at radius 1 is 0.357 bits per heavy atom. The van der Waals surface area contributed by atoms with Crippen molar-refractivity contribution in [3.05, 3.63) is 24.3 Å². The lowest BCUT2D eigenvalue weighted by atomic mass is 10.0. The van der Waals surface area contributed by atoms with E-state index in [-0.39, 0.29) is 25.2 Å². The molecule has 5 heteroatoms. The van der Waals surface area contributed by atoms with Gasteiger partial charge in [-0.1, -0.05) is 218 Å². The number of esters is 2. The zero-order valence-electron chi connectivity index (χ0n) is 37.7. The van der Waals surface area contributed by atoms with Gasteiger partial charge in [-0.05, 0) is 64.2 Å². The lowest BCUT2D eigenvalue weighted by Gasteiger charge is -2.12. The molecule has 0 aliphatic heterocycles. The highest BCUT2D eigenvalue weighted by Gasteiger charge is 2.12. The van der Waals surface area contributed by atoms with E-state index in [4.69, 9.17) is 9.47 Å². The first-order valence-electron chi connectivity index (χ1n) is 24.9. The second-order valence-electron chi connectivity index (χ2n) is 16.9. The van der Waals surface area contributed by atoms with E-state index in [9.17, 15) is 14.7 Å². The molecule has 0 saturated heterocycles. The number of hydrogen-bond acceptors (Lipinski definition) is 5. The molecule has 0 aromatic carbocycles. The Kier molecular flexibility index (Phi) is 46.4. The number of carbonyl (C=O) groups excluding carboxylic acids is 2. The van der Waals surface area contributed by atoms with Crippen molar-refractivity contribution in [2.75, 3.05) is 13.2 Å². The average molecular weight is 789 g/mol. The van der Waals surface area contributed by atoms with Crippen molar-refractivity contribution in [1.82, 2.24) is 0 Å². The molecule has 0 aromatic heterocycles. The van der Waals surface area contributed by atoms with Crippen LogP contribution in [-0.2, 0) is 19.1 Å². The average Bonchev–Trinajstić information content (AvgIpc) is 3.20. The molecule has 0 aliphatic rings. The summed E-state index contributed by atoms with van der Waals surface area (Å²) < 4.78 is 10.4. The third-order valence-corrected chi connectivity index (χ3v) is 11.2. The fourth-order valence-corrected chi connectivity index (χ4v) is 7.37. The topological polar surface area (TPSA) is 72.8 Å². The van der Waals surface area contributed by atoms with Crippen LogP contribution in [0.1, 0.15) is 271 Å². The van der Waals surface area contributed by atoms with Crippen LogP contribution in [0.3, 0.4) is 0 Å². The second kappa shape index (κ2) is 47.8. The smallest absolute Gasteiger partial charge is 0.305 e. The zero-order valence-corrected chi connectivity index (χ0v) is 37.7. The summed E-state index contributed by atoms with van der Waals surface area (Å²) in [7, 11) is 0. The van der Waals surface area contributed by atoms with E-state index in [1.165, 1.54) is 205 Å². The summed E-state index contributed by atoms with van der Waals surface area (Å²) in [5, 5.41) is 10.1. The van der Waals surface area contributed by atoms with E-state index in [1.54, 1.807) is 0 Å². The molecule has 330 valence electrons. The van der Waals surface area contributed by atoms with Gasteiger partial charge >= 0.3 is 11.9 Å². The highest BCUT2D eigenvalue weighted by Crippen LogP contribution is 2.15. The molecule has 0 radical (unpaired) electrons. The monoisotopic (exact) mass is 789 g/mol. The molecule has 0 bridgehead atoms. The number of allylic oxidation sites excluding steroid dienone is 4. The zero-order chi connectivity index (χ0) is 40.7. The molecule has 5 nitrogen and oxygen atoms in total. The second-order valence-corrected chi connectivity index (χ2v) is 16.9. The predicted octanol–water partition coefficient (Wildman–Crippen LogP) is 16.2. The third kappa shape index (κ3) is 46.8. The quantitative estimate of drug-likeness (QED) is 0.0378. The SMILES string of the molecule is CCCCCCCC/C=C/CCCCCCCCCCCCCC(=O)OCC(O)COC(=O)CCCCCCCCCCCCC/C=C/CCCCCCCC. The van der Waals surface area contributed by atoms with Gasteiger partial charge in [0.15, 0.2) is 0 Å². The molecule has 0 amide bonds. The number of hydrogen-bond donors (Lipinski definition) is 1. The number of aliphatic hydroxyl groups excluding tert-OH is 1. The van der Waals surface area contributed by atoms with Crippen LogP contribution < -0.4 is 0 Å². The van der Waals surface area contributed by atoms with Gasteiger partial charge < -0.3 is 14.6 Å². The van der Waals surface area contributed by atoms with E-state index in [2.05, 4.69) is 38.2 Å². The van der Waals surface area contributed by atoms with E-state index >= 15 is 0 Å². The standard InChI is InChI=1S/C51H96O5/c1-3-5-7-9-11-13-15-17-19-21-23-25-27-29-31-33-35-37-39-41-43-45-50(53)55-47-49(52)48-56-51(54)46-44-42-40-38-36-34-32-30-28-26-24-22-20-18-16-14-12-10-8-6-4-2/h17-20,49,52H,3-16,21-48H2,1-2H3/b19-17+,20-18+. The van der Waals surface area contributed by atoms with Crippen LogP contribution >= 0.6 is 0 Å². The maximum Gasteiger partial charge on any atom is 0.305 e. The molecule has 0 rings (SSSR count). The summed E-state index contributed by atoms with van der Waals surface area (Å²) in [6, 6.07) is 0. The number of unbranched alkanes of at least 4 members (excludes halogenated alkanes) is 34. The molecule has 0 aliphatic carbocycles. The Bertz CT molecular complexity index is 783. The van der Waals surface area contributed by atoms with E-state index in [1.807, 2.05) is 0 Å². The first-order valence-corrected chi connectivity index (χ1v) is 24.9. The molecule has 1 N–H and O–H groups in total. The van der Waals surface area contributed by atoms with Crippen LogP contribution in [0.2, 0.25) is 0 Å². The Morgan fingerprint density at radius 3 is 0.821 bits per heavy atom. The van der Waals surface area contributed by atoms with Crippen LogP contribution in [0.25, 0.3) is 0 Å². The van der Waals surface area contributed by atoms with Crippen LogP contribution in [0.15, 0.2) is 24.3 Å². The van der Waals surface area contributed by atoms with Crippen molar-refractivity contribution in [1.29, 1.82) is 0 Å². The molecule has 0 fully saturated rings. The first kappa shape index (κ1) is 54.4. The Hall–Kier alpha value is -1.62. The van der Waals surface area contributed by atoms with Crippen molar-refractivity contribution < 1.29 is 24.2 Å². The Balaban J connectivity index is 3.37. The fourth-order valence-electron chi connectivity index (χ4n) is 7.37. The van der Waals surface area contributed by atoms with Crippen molar-refractivity contribution in [3.63, 3.8) is 0 Å². The van der Waals surface area contributed by atoms with Crippen LogP contribution in [-0.4, -0.2) is 36.4 Å². The summed E-state index contributed by atoms with van der Waals surface area (Å²) in [4.78, 5) is 24.1. The summed E-state index contributed by atoms with van der Waals surface area (Å²) in [6.45, 7) is 4.33. The summed E-state index contributed by atoms with van der Waals surface area (Å²) in [6.07, 6.45) is 58.3. The minimum Gasteiger partial charge on any atom is -0.463 e. The summed E-state index contributed by atoms with van der Waals surface area (Å²) >= 11 is 0. The largest absolute Gasteiger partial charge is 0.463 e. The molecule has 0 heterocycles. The van der Waals surface area contributed by atoms with Gasteiger partial charge in [-0.25, -0.2) is 0 Å². The van der Waals surface area contributed by atoms with Crippen molar-refractivity contribution in [2.24, 2.45) is 0 Å². The first-order chi connectivity index (χ1) is 27.6. The van der Waals surface area contributed by atoms with E-state index in [0.717, 1.165) is 38.5 Å². The fraction of sp³-hybridized carbons (Fsp3) is 0.882. The van der Waals surface area contributed by atoms with Gasteiger partial charge in [0.25, 0.3) is 0 Å². The van der Waals surface area contributed by atoms with Gasteiger partial charge in [0, 0.05) is 12.8 Å². The summed E-state index contributed by atoms with van der Waals surface area (Å²) in [5.41, 5.74) is 0. The van der Waals surface area contributed by atoms with E-state index in [0.29, 0.717) is 12.8 Å². The van der Waals surface area contributed by atoms with Gasteiger partial charge in [-0.2, -0.15) is 0 Å². The minimum absolute atomic E-state index is 0.112. The number of rotatable bonds is 46. The minimum atomic E-state index is -0.962. The molecule has 0 aromatic rings. The van der Waals surface area contributed by atoms with Crippen molar-refractivity contribution >= 4 is 11.9 Å². The van der Waals surface area contributed by atoms with Gasteiger partial charge in [-0.3, -0.25) is 9.59 Å². The van der Waals surface area contributed by atoms with E-state index < -0.39 is 6.10 Å². The van der Waals surface area contributed by atoms with Gasteiger partial charge in [-0.15, -0.1) is 0 Å². The highest BCUT2D eigenvalue weighted by atomic mass is 16.6. The molecule has 0 unspecified atom stereocenters. The van der Waals surface area contributed by atoms with Crippen molar-refractivity contribution in [3.8, 4) is 0 Å². The van der Waals surface area contributed by atoms with Gasteiger partial charge in [0.2, 0.25) is 0 Å². The lowest BCUT2D eigenvalue weighted by molar-refractivity contribution is -0.152. The summed E-state index contributed by atoms with van der Waals surface area (Å²) in [5.74, 6) is -0.554.